The Kier molecular flexibility index (Phi) is 2.53. The van der Waals surface area contributed by atoms with Gasteiger partial charge >= 0.3 is 0 Å². The fourth-order valence-corrected chi connectivity index (χ4v) is 2.81. The molecule has 0 aromatic heterocycles. The molecule has 1 aromatic carbocycles. The van der Waals surface area contributed by atoms with E-state index in [1.54, 1.807) is 0 Å². The second-order valence-electron chi connectivity index (χ2n) is 5.13. The quantitative estimate of drug-likeness (QED) is 0.739. The summed E-state index contributed by atoms with van der Waals surface area (Å²) in [5.41, 5.74) is 2.47. The van der Waals surface area contributed by atoms with Crippen molar-refractivity contribution in [3.63, 3.8) is 0 Å². The summed E-state index contributed by atoms with van der Waals surface area (Å²) in [6.07, 6.45) is 2.39. The van der Waals surface area contributed by atoms with Gasteiger partial charge in [-0.25, -0.2) is 0 Å². The Morgan fingerprint density at radius 2 is 1.76 bits per heavy atom. The normalized spacial score (nSPS) is 21.9. The van der Waals surface area contributed by atoms with Crippen molar-refractivity contribution >= 4 is 5.69 Å². The second kappa shape index (κ2) is 4.05. The summed E-state index contributed by atoms with van der Waals surface area (Å²) in [7, 11) is 0. The number of hydrogen-bond donors (Lipinski definition) is 0. The van der Waals surface area contributed by atoms with Crippen LogP contribution in [0.4, 0.5) is 5.69 Å². The van der Waals surface area contributed by atoms with E-state index in [1.165, 1.54) is 18.5 Å². The summed E-state index contributed by atoms with van der Waals surface area (Å²) in [6, 6.07) is 10.0. The molecule has 0 amide bonds. The van der Waals surface area contributed by atoms with E-state index in [-0.39, 0.29) is 0 Å². The van der Waals surface area contributed by atoms with Crippen molar-refractivity contribution in [2.24, 2.45) is 5.41 Å². The van der Waals surface area contributed by atoms with Gasteiger partial charge < -0.3 is 9.64 Å². The molecule has 3 rings (SSSR count). The second-order valence-corrected chi connectivity index (χ2v) is 5.13. The molecule has 0 atom stereocenters. The molecule has 2 aliphatic heterocycles. The predicted octanol–water partition coefficient (Wildman–Crippen LogP) is 2.18. The van der Waals surface area contributed by atoms with Crippen LogP contribution in [-0.4, -0.2) is 26.3 Å². The Morgan fingerprint density at radius 1 is 1.12 bits per heavy atom. The fourth-order valence-electron chi connectivity index (χ4n) is 2.81. The van der Waals surface area contributed by atoms with Crippen molar-refractivity contribution in [2.75, 3.05) is 31.2 Å². The van der Waals surface area contributed by atoms with Crippen LogP contribution in [0, 0.1) is 16.7 Å². The monoisotopic (exact) mass is 228 g/mol. The number of rotatable bonds is 1. The molecule has 88 valence electrons. The van der Waals surface area contributed by atoms with Crippen molar-refractivity contribution in [1.82, 2.24) is 0 Å². The largest absolute Gasteiger partial charge is 0.381 e. The van der Waals surface area contributed by atoms with Crippen LogP contribution in [0.1, 0.15) is 18.4 Å². The molecule has 2 fully saturated rings. The molecule has 0 bridgehead atoms. The number of anilines is 1. The average Bonchev–Trinajstić information content (AvgIpc) is 2.37. The van der Waals surface area contributed by atoms with Gasteiger partial charge in [-0.05, 0) is 37.1 Å². The Balaban J connectivity index is 1.66. The van der Waals surface area contributed by atoms with Gasteiger partial charge in [0.05, 0.1) is 11.6 Å². The minimum Gasteiger partial charge on any atom is -0.381 e. The van der Waals surface area contributed by atoms with E-state index in [4.69, 9.17) is 10.00 Å². The first kappa shape index (κ1) is 10.6. The van der Waals surface area contributed by atoms with Crippen LogP contribution in [0.5, 0.6) is 0 Å². The summed E-state index contributed by atoms with van der Waals surface area (Å²) >= 11 is 0. The lowest BCUT2D eigenvalue weighted by Gasteiger charge is -2.53. The lowest BCUT2D eigenvalue weighted by molar-refractivity contribution is -0.000190. The summed E-state index contributed by atoms with van der Waals surface area (Å²) in [5.74, 6) is 0. The van der Waals surface area contributed by atoms with Gasteiger partial charge in [-0.15, -0.1) is 0 Å². The van der Waals surface area contributed by atoms with Gasteiger partial charge in [0.1, 0.15) is 0 Å². The van der Waals surface area contributed by atoms with E-state index in [1.807, 2.05) is 24.3 Å². The third kappa shape index (κ3) is 1.89. The minimum absolute atomic E-state index is 0.506. The number of nitriles is 1. The molecule has 0 saturated carbocycles. The van der Waals surface area contributed by atoms with Crippen LogP contribution in [0.15, 0.2) is 24.3 Å². The highest BCUT2D eigenvalue weighted by Gasteiger charge is 2.43. The summed E-state index contributed by atoms with van der Waals surface area (Å²) in [4.78, 5) is 2.40. The number of ether oxygens (including phenoxy) is 1. The molecule has 1 spiro atoms. The zero-order valence-electron chi connectivity index (χ0n) is 9.85. The van der Waals surface area contributed by atoms with Gasteiger partial charge in [0.15, 0.2) is 0 Å². The molecular weight excluding hydrogens is 212 g/mol. The van der Waals surface area contributed by atoms with E-state index < -0.39 is 0 Å². The molecule has 17 heavy (non-hydrogen) atoms. The number of nitrogens with zero attached hydrogens (tertiary/aromatic N) is 2. The molecule has 0 radical (unpaired) electrons. The first-order valence-electron chi connectivity index (χ1n) is 6.14. The zero-order chi connectivity index (χ0) is 11.7. The smallest absolute Gasteiger partial charge is 0.0991 e. The van der Waals surface area contributed by atoms with Crippen LogP contribution in [0.2, 0.25) is 0 Å². The van der Waals surface area contributed by atoms with E-state index in [9.17, 15) is 0 Å². The molecule has 3 heteroatoms. The minimum atomic E-state index is 0.506. The molecule has 2 aliphatic rings. The SMILES string of the molecule is N#Cc1ccc(N2CC3(CCOCC3)C2)cc1. The maximum absolute atomic E-state index is 8.76. The van der Waals surface area contributed by atoms with E-state index in [0.29, 0.717) is 5.41 Å². The van der Waals surface area contributed by atoms with E-state index >= 15 is 0 Å². The van der Waals surface area contributed by atoms with Crippen molar-refractivity contribution in [3.05, 3.63) is 29.8 Å². The van der Waals surface area contributed by atoms with Gasteiger partial charge in [0.2, 0.25) is 0 Å². The number of hydrogen-bond acceptors (Lipinski definition) is 3. The summed E-state index contributed by atoms with van der Waals surface area (Å²) in [5, 5.41) is 8.76. The van der Waals surface area contributed by atoms with Gasteiger partial charge in [0.25, 0.3) is 0 Å². The molecular formula is C14H16N2O. The standard InChI is InChI=1S/C14H16N2O/c15-9-12-1-3-13(4-2-12)16-10-14(11-16)5-7-17-8-6-14/h1-4H,5-8,10-11H2. The maximum Gasteiger partial charge on any atom is 0.0991 e. The van der Waals surface area contributed by atoms with Gasteiger partial charge in [-0.2, -0.15) is 5.26 Å². The zero-order valence-corrected chi connectivity index (χ0v) is 9.85. The third-order valence-electron chi connectivity index (χ3n) is 3.97. The number of benzene rings is 1. The Labute approximate surface area is 102 Å². The lowest BCUT2D eigenvalue weighted by Crippen LogP contribution is -2.58. The van der Waals surface area contributed by atoms with Gasteiger partial charge in [-0.3, -0.25) is 0 Å². The molecule has 2 heterocycles. The van der Waals surface area contributed by atoms with Crippen molar-refractivity contribution in [2.45, 2.75) is 12.8 Å². The average molecular weight is 228 g/mol. The summed E-state index contributed by atoms with van der Waals surface area (Å²) in [6.45, 7) is 4.12. The summed E-state index contributed by atoms with van der Waals surface area (Å²) < 4.78 is 5.42. The van der Waals surface area contributed by atoms with E-state index in [2.05, 4.69) is 11.0 Å². The van der Waals surface area contributed by atoms with Crippen LogP contribution in [-0.2, 0) is 4.74 Å². The first-order chi connectivity index (χ1) is 8.31. The highest BCUT2D eigenvalue weighted by molar-refractivity contribution is 5.52. The van der Waals surface area contributed by atoms with Crippen LogP contribution in [0.3, 0.4) is 0 Å². The van der Waals surface area contributed by atoms with Gasteiger partial charge in [-0.1, -0.05) is 0 Å². The Bertz CT molecular complexity index is 432. The Morgan fingerprint density at radius 3 is 2.35 bits per heavy atom. The third-order valence-corrected chi connectivity index (χ3v) is 3.97. The predicted molar refractivity (Wildman–Crippen MR) is 65.9 cm³/mol. The van der Waals surface area contributed by atoms with Gasteiger partial charge in [0, 0.05) is 37.4 Å². The maximum atomic E-state index is 8.76. The van der Waals surface area contributed by atoms with Crippen LogP contribution in [0.25, 0.3) is 0 Å². The molecule has 0 unspecified atom stereocenters. The van der Waals surface area contributed by atoms with Crippen LogP contribution >= 0.6 is 0 Å². The topological polar surface area (TPSA) is 36.3 Å². The van der Waals surface area contributed by atoms with E-state index in [0.717, 1.165) is 31.9 Å². The van der Waals surface area contributed by atoms with Crippen molar-refractivity contribution in [1.29, 1.82) is 5.26 Å². The fraction of sp³-hybridized carbons (Fsp3) is 0.500. The lowest BCUT2D eigenvalue weighted by atomic mass is 9.73. The van der Waals surface area contributed by atoms with Crippen molar-refractivity contribution in [3.8, 4) is 6.07 Å². The molecule has 1 aromatic rings. The Hall–Kier alpha value is -1.53. The van der Waals surface area contributed by atoms with Crippen LogP contribution < -0.4 is 4.90 Å². The van der Waals surface area contributed by atoms with Crippen molar-refractivity contribution < 1.29 is 4.74 Å². The molecule has 2 saturated heterocycles. The first-order valence-corrected chi connectivity index (χ1v) is 6.14. The molecule has 0 aliphatic carbocycles. The highest BCUT2D eigenvalue weighted by Crippen LogP contribution is 2.41. The molecule has 3 nitrogen and oxygen atoms in total. The highest BCUT2D eigenvalue weighted by atomic mass is 16.5. The molecule has 0 N–H and O–H groups in total.